The number of halogens is 11. The van der Waals surface area contributed by atoms with E-state index in [0.29, 0.717) is 23.1 Å². The first-order valence-corrected chi connectivity index (χ1v) is 13.2. The molecule has 44 heavy (non-hydrogen) atoms. The van der Waals surface area contributed by atoms with Crippen molar-refractivity contribution in [1.82, 2.24) is 9.78 Å². The lowest BCUT2D eigenvalue weighted by Crippen LogP contribution is -2.50. The molecular formula is C28H23ClF10N2O3. The molecule has 1 atom stereocenters. The Kier molecular flexibility index (Phi) is 8.46. The van der Waals surface area contributed by atoms with Gasteiger partial charge in [0.1, 0.15) is 11.3 Å². The topological polar surface area (TPSA) is 53.3 Å². The van der Waals surface area contributed by atoms with Crippen LogP contribution in [0.25, 0.3) is 16.8 Å². The van der Waals surface area contributed by atoms with E-state index in [0.717, 1.165) is 23.5 Å². The predicted molar refractivity (Wildman–Crippen MR) is 137 cm³/mol. The number of hydrogen-bond acceptors (Lipinski definition) is 4. The summed E-state index contributed by atoms with van der Waals surface area (Å²) in [7, 11) is 0. The van der Waals surface area contributed by atoms with Gasteiger partial charge in [0.2, 0.25) is 0 Å². The van der Waals surface area contributed by atoms with Crippen LogP contribution in [0.2, 0.25) is 5.02 Å². The summed E-state index contributed by atoms with van der Waals surface area (Å²) in [4.78, 5) is 12.4. The van der Waals surface area contributed by atoms with Crippen LogP contribution in [0.3, 0.4) is 0 Å². The summed E-state index contributed by atoms with van der Waals surface area (Å²) in [5.74, 6) is -2.25. The molecule has 5 nitrogen and oxygen atoms in total. The number of carbonyl (C=O) groups is 1. The number of hydrogen-bond donors (Lipinski definition) is 0. The number of carbonyl (C=O) groups excluding carboxylic acids is 1. The molecule has 0 N–H and O–H groups in total. The minimum absolute atomic E-state index is 0.0842. The highest BCUT2D eigenvalue weighted by atomic mass is 35.5. The molecule has 1 aromatic heterocycles. The summed E-state index contributed by atoms with van der Waals surface area (Å²) in [6.07, 6.45) is -15.1. The number of fused-ring (bicyclic) bond motifs is 1. The third-order valence-corrected chi connectivity index (χ3v) is 7.05. The number of benzene rings is 2. The molecule has 1 unspecified atom stereocenters. The number of rotatable bonds is 6. The van der Waals surface area contributed by atoms with Gasteiger partial charge in [-0.25, -0.2) is 9.07 Å². The average molecular weight is 661 g/mol. The van der Waals surface area contributed by atoms with E-state index >= 15 is 0 Å². The van der Waals surface area contributed by atoms with E-state index in [-0.39, 0.29) is 30.0 Å². The SMILES string of the molecule is CC(C)(C)OC(=O)CC1CCc2ccc(-c3cnn(-c4c(Cl)cc(C(F)(C(F)(F)F)C(F)(F)F)cc4OC(F)(F)F)c3)cc21. The van der Waals surface area contributed by atoms with Crippen LogP contribution in [0.1, 0.15) is 56.2 Å². The van der Waals surface area contributed by atoms with Crippen LogP contribution in [0.4, 0.5) is 43.9 Å². The van der Waals surface area contributed by atoms with Crippen LogP contribution >= 0.6 is 11.6 Å². The van der Waals surface area contributed by atoms with Gasteiger partial charge in [-0.2, -0.15) is 31.4 Å². The molecule has 0 radical (unpaired) electrons. The van der Waals surface area contributed by atoms with Crippen LogP contribution in [-0.2, 0) is 21.6 Å². The fraction of sp³-hybridized carbons (Fsp3) is 0.429. The van der Waals surface area contributed by atoms with E-state index < -0.39 is 58.0 Å². The van der Waals surface area contributed by atoms with Crippen LogP contribution in [-0.4, -0.2) is 40.1 Å². The molecule has 240 valence electrons. The van der Waals surface area contributed by atoms with Gasteiger partial charge in [0.05, 0.1) is 17.6 Å². The third-order valence-electron chi connectivity index (χ3n) is 6.76. The Morgan fingerprint density at radius 2 is 1.59 bits per heavy atom. The van der Waals surface area contributed by atoms with Crippen molar-refractivity contribution < 1.29 is 58.2 Å². The van der Waals surface area contributed by atoms with E-state index in [9.17, 15) is 48.7 Å². The molecule has 1 aliphatic rings. The molecule has 0 saturated heterocycles. The Hall–Kier alpha value is -3.49. The molecule has 1 aliphatic carbocycles. The molecule has 0 bridgehead atoms. The van der Waals surface area contributed by atoms with Gasteiger partial charge in [-0.1, -0.05) is 29.8 Å². The lowest BCUT2D eigenvalue weighted by atomic mass is 9.93. The summed E-state index contributed by atoms with van der Waals surface area (Å²) >= 11 is 5.90. The molecule has 0 spiro atoms. The van der Waals surface area contributed by atoms with Crippen molar-refractivity contribution in [1.29, 1.82) is 0 Å². The first-order chi connectivity index (χ1) is 20.0. The van der Waals surface area contributed by atoms with Gasteiger partial charge in [0.25, 0.3) is 0 Å². The minimum Gasteiger partial charge on any atom is -0.460 e. The average Bonchev–Trinajstić information content (AvgIpc) is 3.47. The summed E-state index contributed by atoms with van der Waals surface area (Å²) in [6.45, 7) is 5.19. The first kappa shape index (κ1) is 33.4. The zero-order chi connectivity index (χ0) is 33.0. The quantitative estimate of drug-likeness (QED) is 0.196. The second-order valence-corrected chi connectivity index (χ2v) is 11.5. The maximum absolute atomic E-state index is 14.7. The van der Waals surface area contributed by atoms with Crippen molar-refractivity contribution in [2.45, 2.75) is 75.9 Å². The molecule has 16 heteroatoms. The van der Waals surface area contributed by atoms with Crippen molar-refractivity contribution in [2.75, 3.05) is 0 Å². The number of ether oxygens (including phenoxy) is 2. The summed E-state index contributed by atoms with van der Waals surface area (Å²) in [5.41, 5.74) is -7.40. The lowest BCUT2D eigenvalue weighted by molar-refractivity contribution is -0.348. The Bertz CT molecular complexity index is 1540. The van der Waals surface area contributed by atoms with E-state index in [4.69, 9.17) is 16.3 Å². The molecule has 0 saturated carbocycles. The van der Waals surface area contributed by atoms with Gasteiger partial charge in [-0.15, -0.1) is 13.2 Å². The highest BCUT2D eigenvalue weighted by Crippen LogP contribution is 2.55. The van der Waals surface area contributed by atoms with Crippen molar-refractivity contribution >= 4 is 17.6 Å². The molecule has 4 rings (SSSR count). The Balaban J connectivity index is 1.75. The van der Waals surface area contributed by atoms with Crippen molar-refractivity contribution in [3.8, 4) is 22.6 Å². The van der Waals surface area contributed by atoms with E-state index in [1.54, 1.807) is 39.0 Å². The van der Waals surface area contributed by atoms with Gasteiger partial charge >= 0.3 is 30.4 Å². The summed E-state index contributed by atoms with van der Waals surface area (Å²) < 4.78 is 144. The summed E-state index contributed by atoms with van der Waals surface area (Å²) in [6, 6.07) is 4.73. The van der Waals surface area contributed by atoms with Crippen LogP contribution < -0.4 is 4.74 Å². The molecule has 3 aromatic rings. The summed E-state index contributed by atoms with van der Waals surface area (Å²) in [5, 5.41) is 2.74. The molecule has 2 aromatic carbocycles. The Labute approximate surface area is 248 Å². The second kappa shape index (κ2) is 11.1. The van der Waals surface area contributed by atoms with Crippen LogP contribution in [0.15, 0.2) is 42.7 Å². The van der Waals surface area contributed by atoms with Gasteiger partial charge in [-0.05, 0) is 68.4 Å². The number of esters is 1. The number of aryl methyl sites for hydroxylation is 1. The minimum atomic E-state index is -6.61. The van der Waals surface area contributed by atoms with Crippen LogP contribution in [0, 0.1) is 0 Å². The molecule has 0 amide bonds. The molecule has 0 fully saturated rings. The normalized spacial score (nSPS) is 16.2. The first-order valence-electron chi connectivity index (χ1n) is 12.8. The largest absolute Gasteiger partial charge is 0.573 e. The zero-order valence-corrected chi connectivity index (χ0v) is 23.8. The standard InChI is InChI=1S/C28H23ClF10N2O3/c1-24(2,3)44-22(42)9-16-7-5-14-4-6-15(8-19(14)16)17-12-40-41(13-17)23-20(29)10-18(11-21(23)43-28(37,38)39)25(30,26(31,32)33)27(34,35)36/h4,6,8,10-13,16H,5,7,9H2,1-3H3. The predicted octanol–water partition coefficient (Wildman–Crippen LogP) is 9.14. The molecule has 1 heterocycles. The van der Waals surface area contributed by atoms with Crippen molar-refractivity contribution in [3.63, 3.8) is 0 Å². The Morgan fingerprint density at radius 3 is 2.16 bits per heavy atom. The number of nitrogens with zero attached hydrogens (tertiary/aromatic N) is 2. The van der Waals surface area contributed by atoms with E-state index in [1.165, 1.54) is 0 Å². The Morgan fingerprint density at radius 1 is 0.955 bits per heavy atom. The molecule has 0 aliphatic heterocycles. The van der Waals surface area contributed by atoms with Crippen molar-refractivity contribution in [3.05, 3.63) is 64.4 Å². The van der Waals surface area contributed by atoms with Crippen LogP contribution in [0.5, 0.6) is 5.75 Å². The highest BCUT2D eigenvalue weighted by molar-refractivity contribution is 6.32. The highest BCUT2D eigenvalue weighted by Gasteiger charge is 2.73. The monoisotopic (exact) mass is 660 g/mol. The second-order valence-electron chi connectivity index (χ2n) is 11.1. The third kappa shape index (κ3) is 6.76. The van der Waals surface area contributed by atoms with Crippen molar-refractivity contribution in [2.24, 2.45) is 0 Å². The van der Waals surface area contributed by atoms with Gasteiger partial charge in [0.15, 0.2) is 5.75 Å². The number of aromatic nitrogens is 2. The molecular weight excluding hydrogens is 638 g/mol. The maximum atomic E-state index is 14.7. The smallest absolute Gasteiger partial charge is 0.460 e. The maximum Gasteiger partial charge on any atom is 0.573 e. The number of alkyl halides is 10. The fourth-order valence-electron chi connectivity index (χ4n) is 4.94. The van der Waals surface area contributed by atoms with E-state index in [1.807, 2.05) is 0 Å². The zero-order valence-electron chi connectivity index (χ0n) is 23.0. The van der Waals surface area contributed by atoms with Gasteiger partial charge in [0, 0.05) is 17.3 Å². The fourth-order valence-corrected chi connectivity index (χ4v) is 5.24. The van der Waals surface area contributed by atoms with Gasteiger partial charge < -0.3 is 9.47 Å². The van der Waals surface area contributed by atoms with Gasteiger partial charge in [-0.3, -0.25) is 4.79 Å². The van der Waals surface area contributed by atoms with E-state index in [2.05, 4.69) is 9.84 Å². The lowest BCUT2D eigenvalue weighted by Gasteiger charge is -2.31.